The highest BCUT2D eigenvalue weighted by molar-refractivity contribution is 5.91. The smallest absolute Gasteiger partial charge is 0.331 e. The van der Waals surface area contributed by atoms with E-state index in [2.05, 4.69) is 6.58 Å². The third-order valence-corrected chi connectivity index (χ3v) is 2.71. The first-order valence-electron chi connectivity index (χ1n) is 5.20. The van der Waals surface area contributed by atoms with Crippen molar-refractivity contribution < 1.29 is 15.0 Å². The second-order valence-electron chi connectivity index (χ2n) is 3.87. The first-order chi connectivity index (χ1) is 8.09. The van der Waals surface area contributed by atoms with Crippen LogP contribution in [0, 0.1) is 0 Å². The maximum Gasteiger partial charge on any atom is 0.331 e. The van der Waals surface area contributed by atoms with Crippen molar-refractivity contribution >= 4 is 16.7 Å². The summed E-state index contributed by atoms with van der Waals surface area (Å²) in [6, 6.07) is 10.9. The van der Waals surface area contributed by atoms with Gasteiger partial charge in [-0.3, -0.25) is 0 Å². The molecule has 0 radical (unpaired) electrons. The molecule has 2 N–H and O–H groups in total. The molecule has 17 heavy (non-hydrogen) atoms. The summed E-state index contributed by atoms with van der Waals surface area (Å²) in [5.74, 6) is -0.941. The Balaban J connectivity index is 2.55. The molecule has 0 amide bonds. The van der Waals surface area contributed by atoms with Gasteiger partial charge in [0.2, 0.25) is 0 Å². The van der Waals surface area contributed by atoms with Crippen molar-refractivity contribution in [3.63, 3.8) is 0 Å². The number of hydrogen-bond acceptors (Lipinski definition) is 2. The summed E-state index contributed by atoms with van der Waals surface area (Å²) < 4.78 is 0. The highest BCUT2D eigenvalue weighted by Gasteiger charge is 2.11. The summed E-state index contributed by atoms with van der Waals surface area (Å²) in [4.78, 5) is 10.8. The molecule has 0 aromatic heterocycles. The van der Waals surface area contributed by atoms with Crippen molar-refractivity contribution in [1.29, 1.82) is 0 Å². The van der Waals surface area contributed by atoms with Gasteiger partial charge in [0.1, 0.15) is 5.75 Å². The minimum absolute atomic E-state index is 0.0663. The molecule has 3 nitrogen and oxygen atoms in total. The fourth-order valence-corrected chi connectivity index (χ4v) is 1.80. The number of carbonyl (C=O) groups is 1. The van der Waals surface area contributed by atoms with E-state index in [1.54, 1.807) is 12.1 Å². The molecule has 0 heterocycles. The van der Waals surface area contributed by atoms with E-state index in [4.69, 9.17) is 5.11 Å². The molecule has 0 aliphatic heterocycles. The molecule has 0 aliphatic carbocycles. The van der Waals surface area contributed by atoms with Gasteiger partial charge in [-0.25, -0.2) is 4.79 Å². The topological polar surface area (TPSA) is 57.5 Å². The number of rotatable bonds is 3. The van der Waals surface area contributed by atoms with E-state index in [0.29, 0.717) is 5.56 Å². The lowest BCUT2D eigenvalue weighted by atomic mass is 9.98. The first kappa shape index (κ1) is 11.2. The highest BCUT2D eigenvalue weighted by atomic mass is 16.4. The van der Waals surface area contributed by atoms with E-state index < -0.39 is 5.97 Å². The summed E-state index contributed by atoms with van der Waals surface area (Å²) in [7, 11) is 0. The van der Waals surface area contributed by atoms with Crippen LogP contribution in [0.5, 0.6) is 5.75 Å². The Labute approximate surface area is 98.6 Å². The van der Waals surface area contributed by atoms with Crippen molar-refractivity contribution in [2.45, 2.75) is 6.42 Å². The molecule has 2 aromatic carbocycles. The first-order valence-corrected chi connectivity index (χ1v) is 5.20. The predicted molar refractivity (Wildman–Crippen MR) is 66.1 cm³/mol. The third kappa shape index (κ3) is 2.13. The molecular weight excluding hydrogens is 216 g/mol. The SMILES string of the molecule is C=C(Cc1c(O)ccc2ccccc12)C(=O)O. The minimum atomic E-state index is -1.04. The molecule has 2 aromatic rings. The molecule has 0 aliphatic rings. The van der Waals surface area contributed by atoms with Crippen LogP contribution < -0.4 is 0 Å². The predicted octanol–water partition coefficient (Wildman–Crippen LogP) is 2.73. The highest BCUT2D eigenvalue weighted by Crippen LogP contribution is 2.28. The third-order valence-electron chi connectivity index (χ3n) is 2.71. The quantitative estimate of drug-likeness (QED) is 0.794. The summed E-state index contributed by atoms with van der Waals surface area (Å²) in [5.41, 5.74) is 0.673. The average molecular weight is 228 g/mol. The fourth-order valence-electron chi connectivity index (χ4n) is 1.80. The van der Waals surface area contributed by atoms with Gasteiger partial charge < -0.3 is 10.2 Å². The molecule has 0 fully saturated rings. The monoisotopic (exact) mass is 228 g/mol. The van der Waals surface area contributed by atoms with Crippen molar-refractivity contribution in [2.75, 3.05) is 0 Å². The summed E-state index contributed by atoms with van der Waals surface area (Å²) in [6.45, 7) is 3.49. The van der Waals surface area contributed by atoms with Gasteiger partial charge in [0.25, 0.3) is 0 Å². The Morgan fingerprint density at radius 3 is 2.59 bits per heavy atom. The lowest BCUT2D eigenvalue weighted by molar-refractivity contribution is -0.132. The van der Waals surface area contributed by atoms with E-state index in [0.717, 1.165) is 10.8 Å². The van der Waals surface area contributed by atoms with Crippen LogP contribution in [0.3, 0.4) is 0 Å². The molecule has 0 atom stereocenters. The molecule has 0 saturated carbocycles. The van der Waals surface area contributed by atoms with E-state index in [1.807, 2.05) is 24.3 Å². The zero-order valence-corrected chi connectivity index (χ0v) is 9.18. The normalized spacial score (nSPS) is 10.4. The number of fused-ring (bicyclic) bond motifs is 1. The van der Waals surface area contributed by atoms with Crippen LogP contribution in [0.4, 0.5) is 0 Å². The van der Waals surface area contributed by atoms with E-state index in [9.17, 15) is 9.90 Å². The van der Waals surface area contributed by atoms with Crippen molar-refractivity contribution in [1.82, 2.24) is 0 Å². The lowest BCUT2D eigenvalue weighted by Gasteiger charge is -2.08. The minimum Gasteiger partial charge on any atom is -0.508 e. The molecule has 3 heteroatoms. The standard InChI is InChI=1S/C14H12O3/c1-9(14(16)17)8-12-11-5-3-2-4-10(11)6-7-13(12)15/h2-7,15H,1,8H2,(H,16,17). The largest absolute Gasteiger partial charge is 0.508 e. The van der Waals surface area contributed by atoms with E-state index >= 15 is 0 Å². The van der Waals surface area contributed by atoms with Crippen LogP contribution in [0.1, 0.15) is 5.56 Å². The number of benzene rings is 2. The van der Waals surface area contributed by atoms with E-state index in [-0.39, 0.29) is 17.7 Å². The van der Waals surface area contributed by atoms with Crippen molar-refractivity contribution in [3.8, 4) is 5.75 Å². The number of phenolic OH excluding ortho intramolecular Hbond substituents is 1. The summed E-state index contributed by atoms with van der Waals surface area (Å²) >= 11 is 0. The maximum absolute atomic E-state index is 10.8. The number of phenols is 1. The second-order valence-corrected chi connectivity index (χ2v) is 3.87. The molecule has 0 spiro atoms. The number of carboxylic acid groups (broad SMARTS) is 1. The van der Waals surface area contributed by atoms with Crippen molar-refractivity contribution in [2.24, 2.45) is 0 Å². The Hall–Kier alpha value is -2.29. The summed E-state index contributed by atoms with van der Waals surface area (Å²) in [5, 5.41) is 20.5. The molecule has 86 valence electrons. The van der Waals surface area contributed by atoms with Gasteiger partial charge in [0.15, 0.2) is 0 Å². The molecular formula is C14H12O3. The number of aromatic hydroxyl groups is 1. The van der Waals surface area contributed by atoms with Crippen LogP contribution in [-0.4, -0.2) is 16.2 Å². The lowest BCUT2D eigenvalue weighted by Crippen LogP contribution is -2.02. The van der Waals surface area contributed by atoms with Crippen LogP contribution in [0.15, 0.2) is 48.6 Å². The second kappa shape index (κ2) is 4.29. The van der Waals surface area contributed by atoms with Gasteiger partial charge in [-0.1, -0.05) is 36.9 Å². The average Bonchev–Trinajstić information content (AvgIpc) is 2.32. The van der Waals surface area contributed by atoms with Gasteiger partial charge in [-0.05, 0) is 16.8 Å². The van der Waals surface area contributed by atoms with Gasteiger partial charge in [0, 0.05) is 17.6 Å². The van der Waals surface area contributed by atoms with Crippen LogP contribution in [0.25, 0.3) is 10.8 Å². The molecule has 0 unspecified atom stereocenters. The number of carboxylic acids is 1. The van der Waals surface area contributed by atoms with Gasteiger partial charge >= 0.3 is 5.97 Å². The van der Waals surface area contributed by atoms with Gasteiger partial charge in [-0.15, -0.1) is 0 Å². The molecule has 2 rings (SSSR count). The Bertz CT molecular complexity index is 599. The van der Waals surface area contributed by atoms with Gasteiger partial charge in [0.05, 0.1) is 0 Å². The van der Waals surface area contributed by atoms with Crippen LogP contribution in [0.2, 0.25) is 0 Å². The van der Waals surface area contributed by atoms with Gasteiger partial charge in [-0.2, -0.15) is 0 Å². The van der Waals surface area contributed by atoms with Crippen LogP contribution in [-0.2, 0) is 11.2 Å². The number of aliphatic carboxylic acids is 1. The maximum atomic E-state index is 10.8. The summed E-state index contributed by atoms with van der Waals surface area (Å²) in [6.07, 6.45) is 0.141. The Kier molecular flexibility index (Phi) is 2.83. The molecule has 0 saturated heterocycles. The fraction of sp³-hybridized carbons (Fsp3) is 0.0714. The zero-order chi connectivity index (χ0) is 12.4. The Morgan fingerprint density at radius 2 is 1.88 bits per heavy atom. The van der Waals surface area contributed by atoms with E-state index in [1.165, 1.54) is 0 Å². The van der Waals surface area contributed by atoms with Crippen LogP contribution >= 0.6 is 0 Å². The zero-order valence-electron chi connectivity index (χ0n) is 9.18. The van der Waals surface area contributed by atoms with Crippen molar-refractivity contribution in [3.05, 3.63) is 54.1 Å². The number of hydrogen-bond donors (Lipinski definition) is 2. The molecule has 0 bridgehead atoms. The Morgan fingerprint density at radius 1 is 1.18 bits per heavy atom.